The average molecular weight is 386 g/mol. The molecular weight excluding hydrogens is 370 g/mol. The number of likely N-dealkylation sites (N-methyl/N-ethyl adjacent to an activating group) is 1. The number of aromatic nitrogens is 2. The Morgan fingerprint density at radius 1 is 1.21 bits per heavy atom. The Labute approximate surface area is 147 Å². The zero-order valence-corrected chi connectivity index (χ0v) is 14.7. The summed E-state index contributed by atoms with van der Waals surface area (Å²) in [5, 5.41) is 0.815. The van der Waals surface area contributed by atoms with Gasteiger partial charge in [-0.3, -0.25) is 14.6 Å². The third-order valence-electron chi connectivity index (χ3n) is 3.87. The number of benzene rings is 1. The van der Waals surface area contributed by atoms with Gasteiger partial charge in [0.1, 0.15) is 5.56 Å². The summed E-state index contributed by atoms with van der Waals surface area (Å²) in [6.07, 6.45) is 4.16. The number of rotatable bonds is 4. The molecule has 0 bridgehead atoms. The van der Waals surface area contributed by atoms with Crippen LogP contribution in [-0.4, -0.2) is 34.4 Å². The summed E-state index contributed by atoms with van der Waals surface area (Å²) in [6.45, 7) is 0.527. The first-order chi connectivity index (χ1) is 11.5. The Morgan fingerprint density at radius 2 is 1.96 bits per heavy atom. The van der Waals surface area contributed by atoms with Crippen molar-refractivity contribution in [2.75, 3.05) is 13.6 Å². The van der Waals surface area contributed by atoms with Gasteiger partial charge in [0.2, 0.25) is 0 Å². The summed E-state index contributed by atoms with van der Waals surface area (Å²) in [5.74, 6) is -0.285. The molecular formula is C18H16BrN3O2. The summed E-state index contributed by atoms with van der Waals surface area (Å²) in [6, 6.07) is 11.0. The van der Waals surface area contributed by atoms with E-state index in [1.807, 2.05) is 30.3 Å². The lowest BCUT2D eigenvalue weighted by molar-refractivity contribution is 0.0795. The van der Waals surface area contributed by atoms with Gasteiger partial charge in [0.05, 0.1) is 0 Å². The second-order valence-electron chi connectivity index (χ2n) is 5.58. The monoisotopic (exact) mass is 385 g/mol. The number of hydrogen-bond donors (Lipinski definition) is 1. The maximum atomic E-state index is 12.6. The van der Waals surface area contributed by atoms with Crippen molar-refractivity contribution in [2.45, 2.75) is 6.42 Å². The van der Waals surface area contributed by atoms with Crippen molar-refractivity contribution in [1.29, 1.82) is 0 Å². The van der Waals surface area contributed by atoms with E-state index in [0.717, 1.165) is 15.4 Å². The van der Waals surface area contributed by atoms with Gasteiger partial charge in [-0.25, -0.2) is 0 Å². The smallest absolute Gasteiger partial charge is 0.261 e. The van der Waals surface area contributed by atoms with E-state index >= 15 is 0 Å². The molecule has 3 aromatic rings. The van der Waals surface area contributed by atoms with E-state index in [1.165, 1.54) is 0 Å². The molecule has 0 radical (unpaired) electrons. The molecule has 1 amide bonds. The van der Waals surface area contributed by atoms with E-state index in [1.54, 1.807) is 30.4 Å². The number of pyridine rings is 2. The van der Waals surface area contributed by atoms with Crippen LogP contribution < -0.4 is 5.56 Å². The van der Waals surface area contributed by atoms with Crippen LogP contribution in [0, 0.1) is 0 Å². The molecule has 1 aromatic carbocycles. The fourth-order valence-corrected chi connectivity index (χ4v) is 2.87. The molecule has 2 heterocycles. The van der Waals surface area contributed by atoms with E-state index in [9.17, 15) is 9.59 Å². The highest BCUT2D eigenvalue weighted by Crippen LogP contribution is 2.18. The van der Waals surface area contributed by atoms with Crippen LogP contribution in [0.2, 0.25) is 0 Å². The second kappa shape index (κ2) is 6.97. The van der Waals surface area contributed by atoms with Crippen LogP contribution >= 0.6 is 15.9 Å². The van der Waals surface area contributed by atoms with E-state index in [4.69, 9.17) is 0 Å². The molecule has 6 heteroatoms. The van der Waals surface area contributed by atoms with Crippen LogP contribution in [0.3, 0.4) is 0 Å². The third-order valence-corrected chi connectivity index (χ3v) is 4.36. The van der Waals surface area contributed by atoms with Crippen LogP contribution in [0.1, 0.15) is 15.9 Å². The standard InChI is InChI=1S/C18H16BrN3O2/c1-22(9-6-12-4-7-20-8-5-12)18(24)15-11-13-10-14(19)2-3-16(13)21-17(15)23/h2-5,7-8,10-11H,6,9H2,1H3,(H,21,23). The van der Waals surface area contributed by atoms with Crippen molar-refractivity contribution in [3.8, 4) is 0 Å². The molecule has 0 saturated carbocycles. The molecule has 0 unspecified atom stereocenters. The summed E-state index contributed by atoms with van der Waals surface area (Å²) < 4.78 is 0.895. The fourth-order valence-electron chi connectivity index (χ4n) is 2.49. The molecule has 0 aliphatic rings. The first kappa shape index (κ1) is 16.4. The lowest BCUT2D eigenvalue weighted by atomic mass is 10.1. The maximum Gasteiger partial charge on any atom is 0.261 e. The average Bonchev–Trinajstić information content (AvgIpc) is 2.59. The molecule has 0 spiro atoms. The molecule has 24 heavy (non-hydrogen) atoms. The number of amides is 1. The molecule has 3 rings (SSSR count). The molecule has 2 aromatic heterocycles. The highest BCUT2D eigenvalue weighted by atomic mass is 79.9. The normalized spacial score (nSPS) is 10.8. The maximum absolute atomic E-state index is 12.6. The zero-order chi connectivity index (χ0) is 17.1. The lowest BCUT2D eigenvalue weighted by Gasteiger charge is -2.17. The van der Waals surface area contributed by atoms with Gasteiger partial charge in [-0.2, -0.15) is 0 Å². The first-order valence-electron chi connectivity index (χ1n) is 7.51. The minimum Gasteiger partial charge on any atom is -0.341 e. The van der Waals surface area contributed by atoms with Gasteiger partial charge in [-0.1, -0.05) is 15.9 Å². The number of aromatic amines is 1. The molecule has 1 N–H and O–H groups in total. The van der Waals surface area contributed by atoms with E-state index in [0.29, 0.717) is 18.5 Å². The minimum atomic E-state index is -0.370. The fraction of sp³-hybridized carbons (Fsp3) is 0.167. The van der Waals surface area contributed by atoms with Crippen molar-refractivity contribution >= 4 is 32.7 Å². The zero-order valence-electron chi connectivity index (χ0n) is 13.1. The SMILES string of the molecule is CN(CCc1ccncc1)C(=O)c1cc2cc(Br)ccc2[nH]c1=O. The molecule has 5 nitrogen and oxygen atoms in total. The predicted octanol–water partition coefficient (Wildman–Crippen LogP) is 3.00. The molecule has 0 aliphatic carbocycles. The summed E-state index contributed by atoms with van der Waals surface area (Å²) in [5.41, 5.74) is 1.59. The van der Waals surface area contributed by atoms with Crippen molar-refractivity contribution in [3.05, 3.63) is 74.7 Å². The van der Waals surface area contributed by atoms with Crippen molar-refractivity contribution in [3.63, 3.8) is 0 Å². The van der Waals surface area contributed by atoms with Gasteiger partial charge >= 0.3 is 0 Å². The number of halogens is 1. The van der Waals surface area contributed by atoms with Crippen LogP contribution in [-0.2, 0) is 6.42 Å². The predicted molar refractivity (Wildman–Crippen MR) is 97.2 cm³/mol. The molecule has 0 atom stereocenters. The topological polar surface area (TPSA) is 66.1 Å². The van der Waals surface area contributed by atoms with E-state index in [-0.39, 0.29) is 17.0 Å². The van der Waals surface area contributed by atoms with Crippen LogP contribution in [0.15, 0.2) is 58.1 Å². The number of carbonyl (C=O) groups excluding carboxylic acids is 1. The second-order valence-corrected chi connectivity index (χ2v) is 6.49. The summed E-state index contributed by atoms with van der Waals surface area (Å²) in [4.78, 5) is 33.1. The molecule has 0 aliphatic heterocycles. The lowest BCUT2D eigenvalue weighted by Crippen LogP contribution is -2.33. The highest BCUT2D eigenvalue weighted by molar-refractivity contribution is 9.10. The molecule has 122 valence electrons. The molecule has 0 saturated heterocycles. The Morgan fingerprint density at radius 3 is 2.71 bits per heavy atom. The van der Waals surface area contributed by atoms with Crippen molar-refractivity contribution in [1.82, 2.24) is 14.9 Å². The van der Waals surface area contributed by atoms with Gasteiger partial charge in [0.15, 0.2) is 0 Å². The van der Waals surface area contributed by atoms with Crippen molar-refractivity contribution < 1.29 is 4.79 Å². The Kier molecular flexibility index (Phi) is 4.76. The Balaban J connectivity index is 1.82. The van der Waals surface area contributed by atoms with Crippen LogP contribution in [0.5, 0.6) is 0 Å². The first-order valence-corrected chi connectivity index (χ1v) is 8.31. The number of hydrogen-bond acceptors (Lipinski definition) is 3. The summed E-state index contributed by atoms with van der Waals surface area (Å²) >= 11 is 3.40. The number of nitrogens with one attached hydrogen (secondary N) is 1. The number of H-pyrrole nitrogens is 1. The highest BCUT2D eigenvalue weighted by Gasteiger charge is 2.16. The van der Waals surface area contributed by atoms with Crippen LogP contribution in [0.4, 0.5) is 0 Å². The number of carbonyl (C=O) groups is 1. The van der Waals surface area contributed by atoms with Crippen molar-refractivity contribution in [2.24, 2.45) is 0 Å². The van der Waals surface area contributed by atoms with Crippen LogP contribution in [0.25, 0.3) is 10.9 Å². The number of nitrogens with zero attached hydrogens (tertiary/aromatic N) is 2. The minimum absolute atomic E-state index is 0.151. The number of fused-ring (bicyclic) bond motifs is 1. The Hall–Kier alpha value is -2.47. The van der Waals surface area contributed by atoms with Gasteiger partial charge < -0.3 is 9.88 Å². The molecule has 0 fully saturated rings. The Bertz CT molecular complexity index is 938. The largest absolute Gasteiger partial charge is 0.341 e. The summed E-state index contributed by atoms with van der Waals surface area (Å²) in [7, 11) is 1.70. The quantitative estimate of drug-likeness (QED) is 0.750. The van der Waals surface area contributed by atoms with Gasteiger partial charge in [0.25, 0.3) is 11.5 Å². The van der Waals surface area contributed by atoms with Gasteiger partial charge in [-0.15, -0.1) is 0 Å². The van der Waals surface area contributed by atoms with E-state index in [2.05, 4.69) is 25.9 Å². The van der Waals surface area contributed by atoms with Gasteiger partial charge in [0, 0.05) is 41.4 Å². The van der Waals surface area contributed by atoms with Gasteiger partial charge in [-0.05, 0) is 48.4 Å². The van der Waals surface area contributed by atoms with E-state index < -0.39 is 0 Å². The third kappa shape index (κ3) is 3.54.